The standard InChI is InChI=1S/C13H17FN4/c1-9(2)13(15)12-8-18(17-16-12)7-10-5-3-4-6-11(10)14/h3-6,8-9,13H,7,15H2,1-2H3. The summed E-state index contributed by atoms with van der Waals surface area (Å²) >= 11 is 0. The lowest BCUT2D eigenvalue weighted by Gasteiger charge is -2.11. The molecular formula is C13H17FN4. The van der Waals surface area contributed by atoms with Gasteiger partial charge in [0, 0.05) is 5.56 Å². The first-order valence-corrected chi connectivity index (χ1v) is 5.97. The molecule has 1 heterocycles. The molecule has 2 aromatic rings. The number of rotatable bonds is 4. The van der Waals surface area contributed by atoms with Crippen LogP contribution in [0.25, 0.3) is 0 Å². The van der Waals surface area contributed by atoms with Gasteiger partial charge in [-0.1, -0.05) is 37.3 Å². The maximum Gasteiger partial charge on any atom is 0.128 e. The minimum Gasteiger partial charge on any atom is -0.322 e. The molecule has 0 aliphatic heterocycles. The molecule has 2 rings (SSSR count). The van der Waals surface area contributed by atoms with Gasteiger partial charge in [0.05, 0.1) is 24.5 Å². The van der Waals surface area contributed by atoms with Gasteiger partial charge in [0.25, 0.3) is 0 Å². The second-order valence-electron chi connectivity index (χ2n) is 4.70. The SMILES string of the molecule is CC(C)C(N)c1cn(Cc2ccccc2F)nn1. The van der Waals surface area contributed by atoms with E-state index in [1.54, 1.807) is 29.1 Å². The molecule has 0 saturated carbocycles. The largest absolute Gasteiger partial charge is 0.322 e. The lowest BCUT2D eigenvalue weighted by Crippen LogP contribution is -2.17. The van der Waals surface area contributed by atoms with Crippen LogP contribution in [0.2, 0.25) is 0 Å². The van der Waals surface area contributed by atoms with E-state index in [9.17, 15) is 4.39 Å². The Morgan fingerprint density at radius 1 is 1.33 bits per heavy atom. The number of hydrogen-bond donors (Lipinski definition) is 1. The van der Waals surface area contributed by atoms with Crippen LogP contribution in [0.5, 0.6) is 0 Å². The average Bonchev–Trinajstić information content (AvgIpc) is 2.79. The highest BCUT2D eigenvalue weighted by atomic mass is 19.1. The molecule has 0 saturated heterocycles. The smallest absolute Gasteiger partial charge is 0.128 e. The minimum absolute atomic E-state index is 0.139. The van der Waals surface area contributed by atoms with Gasteiger partial charge in [-0.2, -0.15) is 0 Å². The molecule has 0 amide bonds. The number of nitrogens with zero attached hydrogens (tertiary/aromatic N) is 3. The second-order valence-corrected chi connectivity index (χ2v) is 4.70. The monoisotopic (exact) mass is 248 g/mol. The summed E-state index contributed by atoms with van der Waals surface area (Å²) in [5.74, 6) is 0.0614. The van der Waals surface area contributed by atoms with Crippen molar-refractivity contribution < 1.29 is 4.39 Å². The minimum atomic E-state index is -0.234. The van der Waals surface area contributed by atoms with Gasteiger partial charge >= 0.3 is 0 Å². The van der Waals surface area contributed by atoms with E-state index >= 15 is 0 Å². The van der Waals surface area contributed by atoms with Crippen LogP contribution in [0.3, 0.4) is 0 Å². The molecule has 0 radical (unpaired) electrons. The van der Waals surface area contributed by atoms with Gasteiger partial charge in [-0.15, -0.1) is 5.10 Å². The highest BCUT2D eigenvalue weighted by Gasteiger charge is 2.14. The molecule has 0 bridgehead atoms. The predicted octanol–water partition coefficient (Wildman–Crippen LogP) is 2.12. The molecule has 5 heteroatoms. The van der Waals surface area contributed by atoms with Crippen molar-refractivity contribution in [2.75, 3.05) is 0 Å². The van der Waals surface area contributed by atoms with Crippen LogP contribution in [0.15, 0.2) is 30.5 Å². The molecule has 18 heavy (non-hydrogen) atoms. The summed E-state index contributed by atoms with van der Waals surface area (Å²) in [6.45, 7) is 4.42. The Morgan fingerprint density at radius 2 is 2.06 bits per heavy atom. The van der Waals surface area contributed by atoms with Crippen molar-refractivity contribution in [1.29, 1.82) is 0 Å². The molecule has 1 atom stereocenters. The third-order valence-corrected chi connectivity index (χ3v) is 2.91. The summed E-state index contributed by atoms with van der Waals surface area (Å²) in [5, 5.41) is 8.00. The Labute approximate surface area is 106 Å². The van der Waals surface area contributed by atoms with E-state index in [0.29, 0.717) is 18.0 Å². The van der Waals surface area contributed by atoms with Crippen LogP contribution in [0.4, 0.5) is 4.39 Å². The molecule has 0 spiro atoms. The number of nitrogens with two attached hydrogens (primary N) is 1. The van der Waals surface area contributed by atoms with Gasteiger partial charge in [-0.3, -0.25) is 0 Å². The Hall–Kier alpha value is -1.75. The van der Waals surface area contributed by atoms with Gasteiger partial charge in [0.2, 0.25) is 0 Å². The van der Waals surface area contributed by atoms with Crippen molar-refractivity contribution in [1.82, 2.24) is 15.0 Å². The Bertz CT molecular complexity index is 521. The molecule has 96 valence electrons. The molecule has 4 nitrogen and oxygen atoms in total. The first-order chi connectivity index (χ1) is 8.58. The zero-order valence-electron chi connectivity index (χ0n) is 10.5. The lowest BCUT2D eigenvalue weighted by atomic mass is 10.0. The lowest BCUT2D eigenvalue weighted by molar-refractivity contribution is 0.502. The molecule has 1 aromatic heterocycles. The van der Waals surface area contributed by atoms with Gasteiger partial charge in [0.1, 0.15) is 5.82 Å². The van der Waals surface area contributed by atoms with Gasteiger partial charge in [-0.25, -0.2) is 9.07 Å². The van der Waals surface area contributed by atoms with Crippen LogP contribution in [0.1, 0.15) is 31.1 Å². The van der Waals surface area contributed by atoms with E-state index in [4.69, 9.17) is 5.73 Å². The summed E-state index contributed by atoms with van der Waals surface area (Å²) in [5.41, 5.74) is 7.31. The fourth-order valence-electron chi connectivity index (χ4n) is 1.69. The van der Waals surface area contributed by atoms with Crippen LogP contribution in [0, 0.1) is 11.7 Å². The summed E-state index contributed by atoms with van der Waals surface area (Å²) in [6, 6.07) is 6.50. The number of hydrogen-bond acceptors (Lipinski definition) is 3. The number of halogens is 1. The molecule has 1 aromatic carbocycles. The number of benzene rings is 1. The Morgan fingerprint density at radius 3 is 2.72 bits per heavy atom. The van der Waals surface area contributed by atoms with E-state index in [0.717, 1.165) is 5.69 Å². The molecule has 2 N–H and O–H groups in total. The fraction of sp³-hybridized carbons (Fsp3) is 0.385. The summed E-state index contributed by atoms with van der Waals surface area (Å²) < 4.78 is 15.1. The third kappa shape index (κ3) is 2.73. The summed E-state index contributed by atoms with van der Waals surface area (Å²) in [4.78, 5) is 0. The van der Waals surface area contributed by atoms with Crippen molar-refractivity contribution in [3.63, 3.8) is 0 Å². The van der Waals surface area contributed by atoms with Crippen molar-refractivity contribution in [3.05, 3.63) is 47.5 Å². The first kappa shape index (κ1) is 12.7. The van der Waals surface area contributed by atoms with E-state index in [-0.39, 0.29) is 11.9 Å². The molecule has 0 fully saturated rings. The third-order valence-electron chi connectivity index (χ3n) is 2.91. The van der Waals surface area contributed by atoms with E-state index in [2.05, 4.69) is 10.3 Å². The van der Waals surface area contributed by atoms with Gasteiger partial charge < -0.3 is 5.73 Å². The predicted molar refractivity (Wildman–Crippen MR) is 67.3 cm³/mol. The Balaban J connectivity index is 2.14. The molecule has 0 aliphatic rings. The fourth-order valence-corrected chi connectivity index (χ4v) is 1.69. The van der Waals surface area contributed by atoms with E-state index in [1.807, 2.05) is 13.8 Å². The average molecular weight is 248 g/mol. The normalized spacial score (nSPS) is 12.9. The van der Waals surface area contributed by atoms with E-state index < -0.39 is 0 Å². The first-order valence-electron chi connectivity index (χ1n) is 5.97. The van der Waals surface area contributed by atoms with Crippen LogP contribution in [-0.2, 0) is 6.54 Å². The van der Waals surface area contributed by atoms with Crippen molar-refractivity contribution in [2.24, 2.45) is 11.7 Å². The molecule has 0 aliphatic carbocycles. The maximum absolute atomic E-state index is 13.5. The summed E-state index contributed by atoms with van der Waals surface area (Å²) in [6.07, 6.45) is 1.77. The van der Waals surface area contributed by atoms with Crippen molar-refractivity contribution in [3.8, 4) is 0 Å². The Kier molecular flexibility index (Phi) is 3.72. The van der Waals surface area contributed by atoms with Crippen molar-refractivity contribution in [2.45, 2.75) is 26.4 Å². The van der Waals surface area contributed by atoms with Gasteiger partial charge in [-0.05, 0) is 12.0 Å². The van der Waals surface area contributed by atoms with Crippen molar-refractivity contribution >= 4 is 0 Å². The summed E-state index contributed by atoms with van der Waals surface area (Å²) in [7, 11) is 0. The molecule has 1 unspecified atom stereocenters. The van der Waals surface area contributed by atoms with Gasteiger partial charge in [0.15, 0.2) is 0 Å². The zero-order valence-corrected chi connectivity index (χ0v) is 10.5. The molecular weight excluding hydrogens is 231 g/mol. The van der Waals surface area contributed by atoms with E-state index in [1.165, 1.54) is 6.07 Å². The number of aromatic nitrogens is 3. The van der Waals surface area contributed by atoms with Crippen LogP contribution in [-0.4, -0.2) is 15.0 Å². The highest BCUT2D eigenvalue weighted by molar-refractivity contribution is 5.17. The topological polar surface area (TPSA) is 56.7 Å². The highest BCUT2D eigenvalue weighted by Crippen LogP contribution is 2.16. The maximum atomic E-state index is 13.5. The van der Waals surface area contributed by atoms with Crippen LogP contribution < -0.4 is 5.73 Å². The second kappa shape index (κ2) is 5.27. The van der Waals surface area contributed by atoms with Crippen LogP contribution >= 0.6 is 0 Å². The zero-order chi connectivity index (χ0) is 13.1. The quantitative estimate of drug-likeness (QED) is 0.901.